The molecule has 1 heterocycles. The van der Waals surface area contributed by atoms with Gasteiger partial charge in [0.05, 0.1) is 33.5 Å². The van der Waals surface area contributed by atoms with E-state index in [0.717, 1.165) is 5.56 Å². The first kappa shape index (κ1) is 19.5. The molecule has 26 heavy (non-hydrogen) atoms. The Bertz CT molecular complexity index is 721. The molecule has 0 bridgehead atoms. The lowest BCUT2D eigenvalue weighted by atomic mass is 10.1. The largest absolute Gasteiger partial charge is 0.493 e. The minimum Gasteiger partial charge on any atom is -0.493 e. The average Bonchev–Trinajstić information content (AvgIpc) is 2.69. The van der Waals surface area contributed by atoms with Crippen LogP contribution in [0.2, 0.25) is 0 Å². The summed E-state index contributed by atoms with van der Waals surface area (Å²) in [7, 11) is 6.14. The fraction of sp³-hybridized carbons (Fsp3) is 0.368. The van der Waals surface area contributed by atoms with Crippen LogP contribution in [0.25, 0.3) is 0 Å². The van der Waals surface area contributed by atoms with Gasteiger partial charge in [-0.3, -0.25) is 9.78 Å². The number of hydrogen-bond acceptors (Lipinski definition) is 6. The highest BCUT2D eigenvalue weighted by molar-refractivity contribution is 5.98. The van der Waals surface area contributed by atoms with Crippen LogP contribution in [-0.2, 0) is 11.3 Å². The summed E-state index contributed by atoms with van der Waals surface area (Å²) in [6.45, 7) is 1.30. The van der Waals surface area contributed by atoms with Crippen LogP contribution in [0.15, 0.2) is 36.7 Å². The number of methoxy groups -OCH3 is 4. The summed E-state index contributed by atoms with van der Waals surface area (Å²) in [4.78, 5) is 18.9. The number of amides is 1. The van der Waals surface area contributed by atoms with Crippen LogP contribution < -0.4 is 14.2 Å². The number of nitrogens with zero attached hydrogens (tertiary/aromatic N) is 2. The lowest BCUT2D eigenvalue weighted by molar-refractivity contribution is 0.0676. The molecule has 0 unspecified atom stereocenters. The molecule has 0 radical (unpaired) electrons. The Labute approximate surface area is 153 Å². The van der Waals surface area contributed by atoms with Crippen molar-refractivity contribution in [2.75, 3.05) is 41.6 Å². The van der Waals surface area contributed by atoms with Crippen molar-refractivity contribution in [2.24, 2.45) is 0 Å². The van der Waals surface area contributed by atoms with Crippen molar-refractivity contribution in [1.29, 1.82) is 0 Å². The van der Waals surface area contributed by atoms with Gasteiger partial charge in [-0.1, -0.05) is 0 Å². The number of ether oxygens (including phenoxy) is 4. The smallest absolute Gasteiger partial charge is 0.258 e. The number of hydrogen-bond donors (Lipinski definition) is 0. The fourth-order valence-corrected chi connectivity index (χ4v) is 2.60. The SMILES string of the molecule is COCCN(Cc1ccncc1)C(=O)c1ccc(OC)c(OC)c1OC. The third-order valence-electron chi connectivity index (χ3n) is 3.91. The van der Waals surface area contributed by atoms with E-state index in [9.17, 15) is 4.79 Å². The molecule has 0 aliphatic carbocycles. The third-order valence-corrected chi connectivity index (χ3v) is 3.91. The molecular formula is C19H24N2O5. The van der Waals surface area contributed by atoms with Crippen LogP contribution >= 0.6 is 0 Å². The standard InChI is InChI=1S/C19H24N2O5/c1-23-12-11-21(13-14-7-9-20-10-8-14)19(22)15-5-6-16(24-2)18(26-4)17(15)25-3/h5-10H,11-13H2,1-4H3. The molecule has 0 aliphatic heterocycles. The Morgan fingerprint density at radius 3 is 2.23 bits per heavy atom. The van der Waals surface area contributed by atoms with E-state index in [0.29, 0.717) is 42.5 Å². The molecule has 1 aromatic carbocycles. The summed E-state index contributed by atoms with van der Waals surface area (Å²) < 4.78 is 21.2. The number of rotatable bonds is 9. The maximum absolute atomic E-state index is 13.2. The second-order valence-corrected chi connectivity index (χ2v) is 5.46. The van der Waals surface area contributed by atoms with E-state index in [1.165, 1.54) is 21.3 Å². The Morgan fingerprint density at radius 1 is 0.962 bits per heavy atom. The van der Waals surface area contributed by atoms with Gasteiger partial charge in [0.15, 0.2) is 11.5 Å². The highest BCUT2D eigenvalue weighted by Gasteiger charge is 2.24. The number of carbonyl (C=O) groups excluding carboxylic acids is 1. The van der Waals surface area contributed by atoms with Crippen molar-refractivity contribution in [3.05, 3.63) is 47.8 Å². The molecular weight excluding hydrogens is 336 g/mol. The van der Waals surface area contributed by atoms with Crippen molar-refractivity contribution < 1.29 is 23.7 Å². The van der Waals surface area contributed by atoms with Gasteiger partial charge in [-0.15, -0.1) is 0 Å². The average molecular weight is 360 g/mol. The van der Waals surface area contributed by atoms with Crippen molar-refractivity contribution in [3.63, 3.8) is 0 Å². The van der Waals surface area contributed by atoms with Crippen LogP contribution in [-0.4, -0.2) is 57.4 Å². The molecule has 7 nitrogen and oxygen atoms in total. The van der Waals surface area contributed by atoms with E-state index >= 15 is 0 Å². The zero-order chi connectivity index (χ0) is 18.9. The Kier molecular flexibility index (Phi) is 7.23. The predicted octanol–water partition coefficient (Wildman–Crippen LogP) is 2.40. The second kappa shape index (κ2) is 9.62. The lowest BCUT2D eigenvalue weighted by Crippen LogP contribution is -2.33. The first-order valence-electron chi connectivity index (χ1n) is 8.12. The minimum absolute atomic E-state index is 0.184. The third kappa shape index (κ3) is 4.43. The van der Waals surface area contributed by atoms with Gasteiger partial charge in [-0.25, -0.2) is 0 Å². The predicted molar refractivity (Wildman–Crippen MR) is 97.0 cm³/mol. The number of benzene rings is 1. The van der Waals surface area contributed by atoms with Crippen molar-refractivity contribution >= 4 is 5.91 Å². The van der Waals surface area contributed by atoms with E-state index in [-0.39, 0.29) is 5.91 Å². The molecule has 2 rings (SSSR count). The van der Waals surface area contributed by atoms with E-state index in [1.54, 1.807) is 36.5 Å². The highest BCUT2D eigenvalue weighted by atomic mass is 16.5. The highest BCUT2D eigenvalue weighted by Crippen LogP contribution is 2.40. The first-order chi connectivity index (χ1) is 12.7. The molecule has 0 atom stereocenters. The molecule has 1 aromatic heterocycles. The Balaban J connectivity index is 2.38. The number of carbonyl (C=O) groups is 1. The van der Waals surface area contributed by atoms with Gasteiger partial charge >= 0.3 is 0 Å². The summed E-state index contributed by atoms with van der Waals surface area (Å²) in [5.74, 6) is 1.04. The summed E-state index contributed by atoms with van der Waals surface area (Å²) in [5, 5.41) is 0. The normalized spacial score (nSPS) is 10.3. The van der Waals surface area contributed by atoms with E-state index in [1.807, 2.05) is 12.1 Å². The fourth-order valence-electron chi connectivity index (χ4n) is 2.60. The van der Waals surface area contributed by atoms with Crippen molar-refractivity contribution in [3.8, 4) is 17.2 Å². The summed E-state index contributed by atoms with van der Waals surface area (Å²) in [5.41, 5.74) is 1.37. The maximum atomic E-state index is 13.2. The van der Waals surface area contributed by atoms with Gasteiger partial charge in [0, 0.05) is 32.6 Å². The van der Waals surface area contributed by atoms with Gasteiger partial charge in [0.2, 0.25) is 5.75 Å². The molecule has 0 fully saturated rings. The number of aromatic nitrogens is 1. The van der Waals surface area contributed by atoms with Gasteiger partial charge in [-0.2, -0.15) is 0 Å². The molecule has 2 aromatic rings. The number of pyridine rings is 1. The van der Waals surface area contributed by atoms with Gasteiger partial charge < -0.3 is 23.8 Å². The van der Waals surface area contributed by atoms with E-state index < -0.39 is 0 Å². The van der Waals surface area contributed by atoms with Gasteiger partial charge in [0.25, 0.3) is 5.91 Å². The summed E-state index contributed by atoms with van der Waals surface area (Å²) in [6, 6.07) is 7.11. The zero-order valence-corrected chi connectivity index (χ0v) is 15.5. The molecule has 0 N–H and O–H groups in total. The molecule has 0 saturated heterocycles. The molecule has 140 valence electrons. The summed E-state index contributed by atoms with van der Waals surface area (Å²) >= 11 is 0. The van der Waals surface area contributed by atoms with Crippen LogP contribution in [0.1, 0.15) is 15.9 Å². The molecule has 0 aliphatic rings. The quantitative estimate of drug-likeness (QED) is 0.684. The Hall–Kier alpha value is -2.80. The van der Waals surface area contributed by atoms with E-state index in [4.69, 9.17) is 18.9 Å². The topological polar surface area (TPSA) is 70.1 Å². The molecule has 0 spiro atoms. The second-order valence-electron chi connectivity index (χ2n) is 5.46. The molecule has 0 saturated carbocycles. The van der Waals surface area contributed by atoms with E-state index in [2.05, 4.69) is 4.98 Å². The monoisotopic (exact) mass is 360 g/mol. The summed E-state index contributed by atoms with van der Waals surface area (Å²) in [6.07, 6.45) is 3.40. The Morgan fingerprint density at radius 2 is 1.65 bits per heavy atom. The molecule has 7 heteroatoms. The zero-order valence-electron chi connectivity index (χ0n) is 15.5. The van der Waals surface area contributed by atoms with Gasteiger partial charge in [-0.05, 0) is 29.8 Å². The molecule has 1 amide bonds. The van der Waals surface area contributed by atoms with Crippen LogP contribution in [0.3, 0.4) is 0 Å². The first-order valence-corrected chi connectivity index (χ1v) is 8.12. The van der Waals surface area contributed by atoms with Crippen LogP contribution in [0, 0.1) is 0 Å². The van der Waals surface area contributed by atoms with Crippen molar-refractivity contribution in [2.45, 2.75) is 6.54 Å². The maximum Gasteiger partial charge on any atom is 0.258 e. The van der Waals surface area contributed by atoms with Crippen LogP contribution in [0.5, 0.6) is 17.2 Å². The lowest BCUT2D eigenvalue weighted by Gasteiger charge is -2.24. The van der Waals surface area contributed by atoms with Gasteiger partial charge in [0.1, 0.15) is 0 Å². The van der Waals surface area contributed by atoms with Crippen molar-refractivity contribution in [1.82, 2.24) is 9.88 Å². The van der Waals surface area contributed by atoms with Crippen LogP contribution in [0.4, 0.5) is 0 Å². The minimum atomic E-state index is -0.184.